The van der Waals surface area contributed by atoms with E-state index in [9.17, 15) is 14.7 Å². The average molecular weight is 863 g/mol. The Kier molecular flexibility index (Phi) is 50.0. The Morgan fingerprint density at radius 3 is 0.968 bits per heavy atom. The molecule has 62 heavy (non-hydrogen) atoms. The van der Waals surface area contributed by atoms with Crippen LogP contribution in [0.3, 0.4) is 0 Å². The van der Waals surface area contributed by atoms with E-state index in [-0.39, 0.29) is 25.2 Å². The van der Waals surface area contributed by atoms with Crippen LogP contribution in [0, 0.1) is 0 Å². The van der Waals surface area contributed by atoms with Gasteiger partial charge in [0.05, 0.1) is 6.61 Å². The fourth-order valence-electron chi connectivity index (χ4n) is 7.33. The van der Waals surface area contributed by atoms with Gasteiger partial charge in [0.1, 0.15) is 6.61 Å². The van der Waals surface area contributed by atoms with Crippen molar-refractivity contribution in [2.45, 2.75) is 251 Å². The molecule has 0 saturated heterocycles. The lowest BCUT2D eigenvalue weighted by Gasteiger charge is -2.15. The number of carbonyl (C=O) groups excluding carboxylic acids is 2. The van der Waals surface area contributed by atoms with Crippen molar-refractivity contribution in [3.63, 3.8) is 0 Å². The molecule has 0 amide bonds. The van der Waals surface area contributed by atoms with E-state index in [4.69, 9.17) is 9.47 Å². The first kappa shape index (κ1) is 59.1. The number of aliphatic hydroxyl groups is 1. The third kappa shape index (κ3) is 49.7. The van der Waals surface area contributed by atoms with E-state index >= 15 is 0 Å². The number of carbonyl (C=O) groups is 2. The molecule has 0 heterocycles. The van der Waals surface area contributed by atoms with E-state index in [0.717, 1.165) is 89.9 Å². The second-order valence-electron chi connectivity index (χ2n) is 17.2. The summed E-state index contributed by atoms with van der Waals surface area (Å²) in [6.45, 7) is 3.92. The van der Waals surface area contributed by atoms with Crippen molar-refractivity contribution in [1.82, 2.24) is 0 Å². The van der Waals surface area contributed by atoms with Crippen molar-refractivity contribution in [3.05, 3.63) is 85.1 Å². The average Bonchev–Trinajstić information content (AvgIpc) is 3.28. The van der Waals surface area contributed by atoms with Gasteiger partial charge < -0.3 is 14.6 Å². The summed E-state index contributed by atoms with van der Waals surface area (Å²) < 4.78 is 10.7. The standard InChI is InChI=1S/C57H98O5/c1-3-5-7-9-11-13-15-17-19-21-22-23-24-25-26-27-28-29-30-31-32-33-34-36-38-40-42-44-46-48-50-52-57(60)62-55(53-58)54-61-56(59)51-49-47-45-43-41-39-37-35-20-18-16-14-12-10-8-6-4-2/h5-8,11-14,17-20,22-23,55,58H,3-4,9-10,15-16,21,24-54H2,1-2H3/b7-5-,8-6-,13-11-,14-12-,19-17-,20-18-,23-22-. The van der Waals surface area contributed by atoms with Crippen LogP contribution in [0.15, 0.2) is 85.1 Å². The molecule has 1 unspecified atom stereocenters. The summed E-state index contributed by atoms with van der Waals surface area (Å²) >= 11 is 0. The Labute approximate surface area is 384 Å². The van der Waals surface area contributed by atoms with Crippen LogP contribution in [-0.4, -0.2) is 36.4 Å². The number of aliphatic hydroxyl groups excluding tert-OH is 1. The summed E-state index contributed by atoms with van der Waals surface area (Å²) in [5.41, 5.74) is 0. The molecule has 356 valence electrons. The van der Waals surface area contributed by atoms with Gasteiger partial charge in [-0.3, -0.25) is 9.59 Å². The summed E-state index contributed by atoms with van der Waals surface area (Å²) in [6.07, 6.45) is 72.6. The van der Waals surface area contributed by atoms with Crippen molar-refractivity contribution in [1.29, 1.82) is 0 Å². The van der Waals surface area contributed by atoms with Crippen LogP contribution < -0.4 is 0 Å². The first-order valence-electron chi connectivity index (χ1n) is 26.1. The lowest BCUT2D eigenvalue weighted by molar-refractivity contribution is -0.161. The van der Waals surface area contributed by atoms with Crippen molar-refractivity contribution in [2.75, 3.05) is 13.2 Å². The molecule has 0 bridgehead atoms. The van der Waals surface area contributed by atoms with Crippen LogP contribution in [0.1, 0.15) is 245 Å². The van der Waals surface area contributed by atoms with E-state index in [2.05, 4.69) is 98.9 Å². The first-order valence-corrected chi connectivity index (χ1v) is 26.1. The van der Waals surface area contributed by atoms with Crippen LogP contribution in [0.5, 0.6) is 0 Å². The van der Waals surface area contributed by atoms with Gasteiger partial charge in [0.25, 0.3) is 0 Å². The van der Waals surface area contributed by atoms with Crippen molar-refractivity contribution in [3.8, 4) is 0 Å². The molecule has 0 aromatic rings. The molecule has 0 aromatic carbocycles. The molecular weight excluding hydrogens is 765 g/mol. The van der Waals surface area contributed by atoms with Gasteiger partial charge in [-0.15, -0.1) is 0 Å². The fraction of sp³-hybridized carbons (Fsp3) is 0.719. The summed E-state index contributed by atoms with van der Waals surface area (Å²) in [5.74, 6) is -0.598. The zero-order valence-electron chi connectivity index (χ0n) is 40.6. The largest absolute Gasteiger partial charge is 0.462 e. The highest BCUT2D eigenvalue weighted by atomic mass is 16.6. The maximum atomic E-state index is 12.3. The summed E-state index contributed by atoms with van der Waals surface area (Å²) in [6, 6.07) is 0. The van der Waals surface area contributed by atoms with Gasteiger partial charge >= 0.3 is 11.9 Å². The zero-order valence-corrected chi connectivity index (χ0v) is 40.6. The maximum Gasteiger partial charge on any atom is 0.306 e. The van der Waals surface area contributed by atoms with Gasteiger partial charge in [0, 0.05) is 12.8 Å². The van der Waals surface area contributed by atoms with E-state index < -0.39 is 6.10 Å². The number of rotatable bonds is 47. The third-order valence-corrected chi connectivity index (χ3v) is 11.2. The number of esters is 2. The monoisotopic (exact) mass is 863 g/mol. The number of ether oxygens (including phenoxy) is 2. The van der Waals surface area contributed by atoms with Gasteiger partial charge in [0.15, 0.2) is 6.10 Å². The van der Waals surface area contributed by atoms with Gasteiger partial charge in [-0.1, -0.05) is 234 Å². The molecule has 1 N–H and O–H groups in total. The molecule has 0 aliphatic carbocycles. The Morgan fingerprint density at radius 2 is 0.645 bits per heavy atom. The lowest BCUT2D eigenvalue weighted by atomic mass is 10.0. The SMILES string of the molecule is CC/C=C\C/C=C\C/C=C\C/C=C\CCCCCCCCCCCCCCCCCCCCC(=O)OC(CO)COC(=O)CCCCCCCCC/C=C\C/C=C\C/C=C\CC. The van der Waals surface area contributed by atoms with Crippen LogP contribution in [0.2, 0.25) is 0 Å². The first-order chi connectivity index (χ1) is 30.6. The molecule has 0 aliphatic heterocycles. The molecule has 0 saturated carbocycles. The van der Waals surface area contributed by atoms with Gasteiger partial charge in [0.2, 0.25) is 0 Å². The van der Waals surface area contributed by atoms with Crippen molar-refractivity contribution in [2.24, 2.45) is 0 Å². The summed E-state index contributed by atoms with van der Waals surface area (Å²) in [7, 11) is 0. The molecule has 0 fully saturated rings. The quantitative estimate of drug-likeness (QED) is 0.0375. The maximum absolute atomic E-state index is 12.3. The van der Waals surface area contributed by atoms with Gasteiger partial charge in [-0.25, -0.2) is 0 Å². The summed E-state index contributed by atoms with van der Waals surface area (Å²) in [5, 5.41) is 9.63. The normalized spacial score (nSPS) is 12.9. The Hall–Kier alpha value is -2.92. The van der Waals surface area contributed by atoms with E-state index in [1.54, 1.807) is 0 Å². The highest BCUT2D eigenvalue weighted by Gasteiger charge is 2.16. The molecule has 0 radical (unpaired) electrons. The molecule has 1 atom stereocenters. The highest BCUT2D eigenvalue weighted by Crippen LogP contribution is 2.16. The molecule has 0 spiro atoms. The van der Waals surface area contributed by atoms with Crippen LogP contribution in [0.4, 0.5) is 0 Å². The van der Waals surface area contributed by atoms with Crippen molar-refractivity contribution >= 4 is 11.9 Å². The number of unbranched alkanes of at least 4 members (excludes halogenated alkanes) is 25. The smallest absolute Gasteiger partial charge is 0.306 e. The Bertz CT molecular complexity index is 1160. The second-order valence-corrected chi connectivity index (χ2v) is 17.2. The Balaban J connectivity index is 3.47. The summed E-state index contributed by atoms with van der Waals surface area (Å²) in [4.78, 5) is 24.4. The number of hydrogen-bond donors (Lipinski definition) is 1. The topological polar surface area (TPSA) is 72.8 Å². The minimum absolute atomic E-state index is 0.0723. The number of hydrogen-bond acceptors (Lipinski definition) is 5. The second kappa shape index (κ2) is 52.4. The molecule has 5 nitrogen and oxygen atoms in total. The van der Waals surface area contributed by atoms with Gasteiger partial charge in [-0.05, 0) is 83.5 Å². The van der Waals surface area contributed by atoms with Gasteiger partial charge in [-0.2, -0.15) is 0 Å². The Morgan fingerprint density at radius 1 is 0.371 bits per heavy atom. The fourth-order valence-corrected chi connectivity index (χ4v) is 7.33. The van der Waals surface area contributed by atoms with E-state index in [1.807, 2.05) is 0 Å². The minimum atomic E-state index is -0.779. The predicted molar refractivity (Wildman–Crippen MR) is 269 cm³/mol. The third-order valence-electron chi connectivity index (χ3n) is 11.2. The van der Waals surface area contributed by atoms with Crippen LogP contribution >= 0.6 is 0 Å². The van der Waals surface area contributed by atoms with Crippen molar-refractivity contribution < 1.29 is 24.2 Å². The number of allylic oxidation sites excluding steroid dienone is 14. The van der Waals surface area contributed by atoms with Crippen LogP contribution in [0.25, 0.3) is 0 Å². The van der Waals surface area contributed by atoms with E-state index in [1.165, 1.54) is 128 Å². The molecule has 5 heteroatoms. The molecule has 0 aromatic heterocycles. The highest BCUT2D eigenvalue weighted by molar-refractivity contribution is 5.70. The predicted octanol–water partition coefficient (Wildman–Crippen LogP) is 17.4. The molecule has 0 aliphatic rings. The zero-order chi connectivity index (χ0) is 44.9. The molecular formula is C57H98O5. The lowest BCUT2D eigenvalue weighted by Crippen LogP contribution is -2.28. The van der Waals surface area contributed by atoms with E-state index in [0.29, 0.717) is 12.8 Å². The minimum Gasteiger partial charge on any atom is -0.462 e. The molecule has 0 rings (SSSR count). The van der Waals surface area contributed by atoms with Crippen LogP contribution in [-0.2, 0) is 19.1 Å².